The Balaban J connectivity index is 1.58. The smallest absolute Gasteiger partial charge is 0.255 e. The summed E-state index contributed by atoms with van der Waals surface area (Å²) in [5, 5.41) is 3.13. The lowest BCUT2D eigenvalue weighted by molar-refractivity contribution is 0.102. The molecule has 1 aliphatic rings. The molecule has 1 heterocycles. The van der Waals surface area contributed by atoms with E-state index in [0.717, 1.165) is 5.56 Å². The zero-order valence-electron chi connectivity index (χ0n) is 15.5. The predicted octanol–water partition coefficient (Wildman–Crippen LogP) is 4.34. The highest BCUT2D eigenvalue weighted by Crippen LogP contribution is 2.26. The molecule has 0 radical (unpaired) electrons. The van der Waals surface area contributed by atoms with Crippen molar-refractivity contribution in [1.82, 2.24) is 4.31 Å². The summed E-state index contributed by atoms with van der Waals surface area (Å²) in [5.41, 5.74) is 2.91. The van der Waals surface area contributed by atoms with E-state index >= 15 is 0 Å². The van der Waals surface area contributed by atoms with Crippen LogP contribution in [0.3, 0.4) is 0 Å². The molecule has 0 fully saturated rings. The number of halogens is 1. The molecule has 5 nitrogen and oxygen atoms in total. The highest BCUT2D eigenvalue weighted by molar-refractivity contribution is 7.89. The zero-order valence-corrected chi connectivity index (χ0v) is 17.1. The van der Waals surface area contributed by atoms with Crippen molar-refractivity contribution in [2.45, 2.75) is 17.9 Å². The van der Waals surface area contributed by atoms with Crippen LogP contribution in [0.5, 0.6) is 0 Å². The first-order valence-corrected chi connectivity index (χ1v) is 11.0. The number of carbonyl (C=O) groups is 1. The van der Waals surface area contributed by atoms with Crippen molar-refractivity contribution in [2.24, 2.45) is 0 Å². The summed E-state index contributed by atoms with van der Waals surface area (Å²) in [4.78, 5) is 12.7. The molecule has 1 N–H and O–H groups in total. The number of benzene rings is 3. The van der Waals surface area contributed by atoms with E-state index in [-0.39, 0.29) is 10.5 Å². The number of anilines is 1. The lowest BCUT2D eigenvalue weighted by Crippen LogP contribution is -2.36. The minimum absolute atomic E-state index is 0.101. The molecule has 0 bridgehead atoms. The van der Waals surface area contributed by atoms with E-state index in [4.69, 9.17) is 11.6 Å². The molecule has 4 rings (SSSR count). The Morgan fingerprint density at radius 3 is 2.45 bits per heavy atom. The molecular weight excluding hydrogens is 408 g/mol. The third-order valence-corrected chi connectivity index (χ3v) is 7.12. The van der Waals surface area contributed by atoms with Crippen LogP contribution >= 0.6 is 11.6 Å². The van der Waals surface area contributed by atoms with Crippen LogP contribution in [0.1, 0.15) is 21.5 Å². The van der Waals surface area contributed by atoms with E-state index in [0.29, 0.717) is 30.2 Å². The maximum Gasteiger partial charge on any atom is 0.255 e. The molecule has 0 saturated carbocycles. The fraction of sp³-hybridized carbons (Fsp3) is 0.136. The quantitative estimate of drug-likeness (QED) is 0.674. The molecule has 148 valence electrons. The van der Waals surface area contributed by atoms with Crippen LogP contribution in [0.15, 0.2) is 77.7 Å². The van der Waals surface area contributed by atoms with Gasteiger partial charge in [0, 0.05) is 18.7 Å². The van der Waals surface area contributed by atoms with Crippen LogP contribution in [0.4, 0.5) is 5.69 Å². The number of nitrogens with one attached hydrogen (secondary N) is 1. The zero-order chi connectivity index (χ0) is 20.4. The van der Waals surface area contributed by atoms with Gasteiger partial charge in [0.2, 0.25) is 10.0 Å². The van der Waals surface area contributed by atoms with Gasteiger partial charge in [-0.2, -0.15) is 4.31 Å². The Morgan fingerprint density at radius 2 is 1.66 bits per heavy atom. The standard InChI is InChI=1S/C22H19ClN2O3S/c23-20-10-3-4-11-21(20)24-22(26)17-8-5-9-19(14-17)29(27,28)25-13-12-16-6-1-2-7-18(16)15-25/h1-11,14H,12-13,15H2,(H,24,26). The second-order valence-corrected chi connectivity index (χ2v) is 9.16. The van der Waals surface area contributed by atoms with Crippen LogP contribution in [-0.4, -0.2) is 25.2 Å². The molecule has 0 atom stereocenters. The Labute approximate surface area is 175 Å². The van der Waals surface area contributed by atoms with Gasteiger partial charge in [-0.15, -0.1) is 0 Å². The minimum Gasteiger partial charge on any atom is -0.321 e. The van der Waals surface area contributed by atoms with E-state index < -0.39 is 15.9 Å². The van der Waals surface area contributed by atoms with Crippen molar-refractivity contribution in [3.8, 4) is 0 Å². The number of rotatable bonds is 4. The largest absolute Gasteiger partial charge is 0.321 e. The third-order valence-electron chi connectivity index (χ3n) is 4.95. The molecule has 0 saturated heterocycles. The maximum atomic E-state index is 13.2. The average Bonchev–Trinajstić information content (AvgIpc) is 2.75. The number of amides is 1. The molecule has 1 aliphatic heterocycles. The predicted molar refractivity (Wildman–Crippen MR) is 114 cm³/mol. The lowest BCUT2D eigenvalue weighted by Gasteiger charge is -2.28. The van der Waals surface area contributed by atoms with Crippen LogP contribution in [0.2, 0.25) is 5.02 Å². The van der Waals surface area contributed by atoms with Gasteiger partial charge in [0.25, 0.3) is 5.91 Å². The molecule has 29 heavy (non-hydrogen) atoms. The first-order valence-electron chi connectivity index (χ1n) is 9.18. The second-order valence-electron chi connectivity index (χ2n) is 6.82. The van der Waals surface area contributed by atoms with Crippen molar-refractivity contribution in [3.05, 3.63) is 94.5 Å². The molecule has 0 unspecified atom stereocenters. The molecule has 0 spiro atoms. The monoisotopic (exact) mass is 426 g/mol. The van der Waals surface area contributed by atoms with Gasteiger partial charge >= 0.3 is 0 Å². The molecule has 3 aromatic rings. The second kappa shape index (κ2) is 7.99. The summed E-state index contributed by atoms with van der Waals surface area (Å²) >= 11 is 6.09. The summed E-state index contributed by atoms with van der Waals surface area (Å²) in [6.07, 6.45) is 0.669. The minimum atomic E-state index is -3.71. The van der Waals surface area contributed by atoms with Gasteiger partial charge in [-0.05, 0) is 47.9 Å². The molecule has 1 amide bonds. The summed E-state index contributed by atoms with van der Waals surface area (Å²) in [7, 11) is -3.71. The Bertz CT molecular complexity index is 1180. The summed E-state index contributed by atoms with van der Waals surface area (Å²) in [6, 6.07) is 20.8. The first-order chi connectivity index (χ1) is 13.9. The molecule has 3 aromatic carbocycles. The Morgan fingerprint density at radius 1 is 0.931 bits per heavy atom. The summed E-state index contributed by atoms with van der Waals surface area (Å²) in [6.45, 7) is 0.740. The van der Waals surface area contributed by atoms with E-state index in [1.54, 1.807) is 36.4 Å². The van der Waals surface area contributed by atoms with Gasteiger partial charge < -0.3 is 5.32 Å². The molecular formula is C22H19ClN2O3S. The van der Waals surface area contributed by atoms with Crippen LogP contribution < -0.4 is 5.32 Å². The molecule has 0 aromatic heterocycles. The molecule has 0 aliphatic carbocycles. The number of hydrogen-bond donors (Lipinski definition) is 1. The van der Waals surface area contributed by atoms with E-state index in [9.17, 15) is 13.2 Å². The van der Waals surface area contributed by atoms with Gasteiger partial charge in [0.15, 0.2) is 0 Å². The van der Waals surface area contributed by atoms with Crippen LogP contribution in [0, 0.1) is 0 Å². The average molecular weight is 427 g/mol. The van der Waals surface area contributed by atoms with Gasteiger partial charge in [-0.1, -0.05) is 54.1 Å². The summed E-state index contributed by atoms with van der Waals surface area (Å²) < 4.78 is 27.8. The van der Waals surface area contributed by atoms with Gasteiger partial charge in [-0.25, -0.2) is 8.42 Å². The van der Waals surface area contributed by atoms with Crippen molar-refractivity contribution in [1.29, 1.82) is 0 Å². The normalized spacial score (nSPS) is 14.2. The number of carbonyl (C=O) groups excluding carboxylic acids is 1. The highest BCUT2D eigenvalue weighted by atomic mass is 35.5. The van der Waals surface area contributed by atoms with E-state index in [1.165, 1.54) is 22.0 Å². The van der Waals surface area contributed by atoms with Crippen molar-refractivity contribution in [2.75, 3.05) is 11.9 Å². The van der Waals surface area contributed by atoms with Crippen molar-refractivity contribution in [3.63, 3.8) is 0 Å². The van der Waals surface area contributed by atoms with E-state index in [2.05, 4.69) is 5.32 Å². The SMILES string of the molecule is O=C(Nc1ccccc1Cl)c1cccc(S(=O)(=O)N2CCc3ccccc3C2)c1. The highest BCUT2D eigenvalue weighted by Gasteiger charge is 2.28. The first kappa shape index (κ1) is 19.6. The number of fused-ring (bicyclic) bond motifs is 1. The van der Waals surface area contributed by atoms with Crippen molar-refractivity contribution >= 4 is 33.2 Å². The van der Waals surface area contributed by atoms with Gasteiger partial charge in [-0.3, -0.25) is 4.79 Å². The lowest BCUT2D eigenvalue weighted by atomic mass is 10.0. The topological polar surface area (TPSA) is 66.5 Å². The molecule has 7 heteroatoms. The van der Waals surface area contributed by atoms with Crippen LogP contribution in [-0.2, 0) is 23.0 Å². The van der Waals surface area contributed by atoms with Crippen LogP contribution in [0.25, 0.3) is 0 Å². The number of para-hydroxylation sites is 1. The fourth-order valence-electron chi connectivity index (χ4n) is 3.38. The van der Waals surface area contributed by atoms with E-state index in [1.807, 2.05) is 24.3 Å². The Kier molecular flexibility index (Phi) is 5.41. The number of nitrogens with zero attached hydrogens (tertiary/aromatic N) is 1. The summed E-state index contributed by atoms with van der Waals surface area (Å²) in [5.74, 6) is -0.417. The maximum absolute atomic E-state index is 13.2. The Hall–Kier alpha value is -2.67. The third kappa shape index (κ3) is 4.05. The fourth-order valence-corrected chi connectivity index (χ4v) is 5.03. The number of hydrogen-bond acceptors (Lipinski definition) is 3. The van der Waals surface area contributed by atoms with Gasteiger partial charge in [0.1, 0.15) is 0 Å². The number of sulfonamides is 1. The van der Waals surface area contributed by atoms with Crippen molar-refractivity contribution < 1.29 is 13.2 Å². The van der Waals surface area contributed by atoms with Gasteiger partial charge in [0.05, 0.1) is 15.6 Å².